The zero-order chi connectivity index (χ0) is 9.68. The van der Waals surface area contributed by atoms with Crippen LogP contribution in [0.15, 0.2) is 16.5 Å². The molecule has 70 valence electrons. The molecule has 0 atom stereocenters. The van der Waals surface area contributed by atoms with E-state index in [-0.39, 0.29) is 5.91 Å². The molecule has 0 unspecified atom stereocenters. The highest BCUT2D eigenvalue weighted by molar-refractivity contribution is 7.12. The van der Waals surface area contributed by atoms with Gasteiger partial charge in [-0.2, -0.15) is 5.10 Å². The first-order valence-corrected chi connectivity index (χ1v) is 5.04. The summed E-state index contributed by atoms with van der Waals surface area (Å²) in [6.07, 6.45) is 2.01. The Hall–Kier alpha value is -0.870. The van der Waals surface area contributed by atoms with Crippen LogP contribution in [0.4, 0.5) is 0 Å². The van der Waals surface area contributed by atoms with Crippen molar-refractivity contribution in [2.45, 2.75) is 13.3 Å². The summed E-state index contributed by atoms with van der Waals surface area (Å²) in [5.74, 6) is -0.0982. The van der Waals surface area contributed by atoms with Crippen LogP contribution in [-0.2, 0) is 4.79 Å². The Kier molecular flexibility index (Phi) is 3.92. The topological polar surface area (TPSA) is 41.5 Å². The number of hydrogen-bond donors (Lipinski definition) is 1. The summed E-state index contributed by atoms with van der Waals surface area (Å²) in [4.78, 5) is 11.7. The monoisotopic (exact) mass is 216 g/mol. The number of carbonyl (C=O) groups excluding carboxylic acids is 1. The van der Waals surface area contributed by atoms with Crippen molar-refractivity contribution in [2.24, 2.45) is 5.10 Å². The first kappa shape index (κ1) is 10.2. The summed E-state index contributed by atoms with van der Waals surface area (Å²) >= 11 is 7.17. The first-order chi connectivity index (χ1) is 6.22. The minimum absolute atomic E-state index is 0.0982. The van der Waals surface area contributed by atoms with Crippen molar-refractivity contribution < 1.29 is 4.79 Å². The summed E-state index contributed by atoms with van der Waals surface area (Å²) in [7, 11) is 0. The fourth-order valence-electron chi connectivity index (χ4n) is 0.643. The van der Waals surface area contributed by atoms with E-state index < -0.39 is 0 Å². The third-order valence-electron chi connectivity index (χ3n) is 1.29. The summed E-state index contributed by atoms with van der Waals surface area (Å²) in [5.41, 5.74) is 2.38. The minimum Gasteiger partial charge on any atom is -0.273 e. The Labute approximate surface area is 85.4 Å². The van der Waals surface area contributed by atoms with E-state index in [0.29, 0.717) is 11.4 Å². The van der Waals surface area contributed by atoms with Crippen LogP contribution in [0.1, 0.15) is 18.2 Å². The maximum Gasteiger partial charge on any atom is 0.239 e. The fraction of sp³-hybridized carbons (Fsp3) is 0.250. The van der Waals surface area contributed by atoms with Crippen LogP contribution < -0.4 is 5.43 Å². The number of nitrogens with zero attached hydrogens (tertiary/aromatic N) is 1. The van der Waals surface area contributed by atoms with Gasteiger partial charge in [-0.3, -0.25) is 4.79 Å². The maximum atomic E-state index is 10.8. The number of hydrazone groups is 1. The molecule has 1 heterocycles. The highest BCUT2D eigenvalue weighted by Crippen LogP contribution is 2.16. The normalized spacial score (nSPS) is 10.6. The largest absolute Gasteiger partial charge is 0.273 e. The molecule has 3 nitrogen and oxygen atoms in total. The highest BCUT2D eigenvalue weighted by Gasteiger charge is 1.94. The molecule has 1 N–H and O–H groups in total. The van der Waals surface area contributed by atoms with E-state index >= 15 is 0 Å². The van der Waals surface area contributed by atoms with Crippen molar-refractivity contribution in [3.8, 4) is 0 Å². The standard InChI is InChI=1S/C8H9ClN2OS/c1-2-8(12)11-10-4-7-3-6(9)5-13-7/h3-5H,2H2,1H3,(H,11,12)/b10-4+. The van der Waals surface area contributed by atoms with E-state index in [9.17, 15) is 4.79 Å². The van der Waals surface area contributed by atoms with Crippen molar-refractivity contribution >= 4 is 35.1 Å². The molecule has 0 aliphatic heterocycles. The molecule has 0 saturated heterocycles. The lowest BCUT2D eigenvalue weighted by atomic mass is 10.5. The number of amides is 1. The molecule has 1 rings (SSSR count). The lowest BCUT2D eigenvalue weighted by Gasteiger charge is -1.91. The molecule has 0 spiro atoms. The van der Waals surface area contributed by atoms with Gasteiger partial charge in [0.1, 0.15) is 0 Å². The molecule has 0 aliphatic carbocycles. The predicted molar refractivity (Wildman–Crippen MR) is 55.4 cm³/mol. The van der Waals surface area contributed by atoms with Gasteiger partial charge in [-0.25, -0.2) is 5.43 Å². The molecule has 13 heavy (non-hydrogen) atoms. The Morgan fingerprint density at radius 3 is 3.15 bits per heavy atom. The van der Waals surface area contributed by atoms with Crippen LogP contribution in [0.5, 0.6) is 0 Å². The molecule has 1 aromatic heterocycles. The zero-order valence-corrected chi connectivity index (χ0v) is 8.65. The number of thiophene rings is 1. The fourth-order valence-corrected chi connectivity index (χ4v) is 1.58. The summed E-state index contributed by atoms with van der Waals surface area (Å²) in [5, 5.41) is 6.25. The number of halogens is 1. The minimum atomic E-state index is -0.0982. The zero-order valence-electron chi connectivity index (χ0n) is 7.08. The van der Waals surface area contributed by atoms with E-state index in [1.807, 2.05) is 5.38 Å². The number of carbonyl (C=O) groups is 1. The summed E-state index contributed by atoms with van der Waals surface area (Å²) in [6, 6.07) is 1.79. The molecule has 0 saturated carbocycles. The van der Waals surface area contributed by atoms with Crippen molar-refractivity contribution in [1.29, 1.82) is 0 Å². The van der Waals surface area contributed by atoms with Gasteiger partial charge in [-0.05, 0) is 6.07 Å². The van der Waals surface area contributed by atoms with Gasteiger partial charge < -0.3 is 0 Å². The summed E-state index contributed by atoms with van der Waals surface area (Å²) in [6.45, 7) is 1.77. The van der Waals surface area contributed by atoms with E-state index in [1.54, 1.807) is 19.2 Å². The van der Waals surface area contributed by atoms with E-state index in [4.69, 9.17) is 11.6 Å². The summed E-state index contributed by atoms with van der Waals surface area (Å²) < 4.78 is 0. The van der Waals surface area contributed by atoms with Gasteiger partial charge in [-0.15, -0.1) is 11.3 Å². The van der Waals surface area contributed by atoms with E-state index in [0.717, 1.165) is 4.88 Å². The van der Waals surface area contributed by atoms with E-state index in [2.05, 4.69) is 10.5 Å². The van der Waals surface area contributed by atoms with Gasteiger partial charge >= 0.3 is 0 Å². The van der Waals surface area contributed by atoms with Gasteiger partial charge in [0, 0.05) is 16.7 Å². The molecule has 5 heteroatoms. The predicted octanol–water partition coefficient (Wildman–Crippen LogP) is 2.26. The molecule has 1 aromatic rings. The van der Waals surface area contributed by atoms with E-state index in [1.165, 1.54) is 11.3 Å². The molecule has 0 radical (unpaired) electrons. The molecule has 0 bridgehead atoms. The van der Waals surface area contributed by atoms with Crippen LogP contribution in [0.3, 0.4) is 0 Å². The van der Waals surface area contributed by atoms with Crippen molar-refractivity contribution in [1.82, 2.24) is 5.43 Å². The van der Waals surface area contributed by atoms with Gasteiger partial charge in [0.25, 0.3) is 0 Å². The molecule has 1 amide bonds. The van der Waals surface area contributed by atoms with Crippen LogP contribution in [0, 0.1) is 0 Å². The average molecular weight is 217 g/mol. The number of nitrogens with one attached hydrogen (secondary N) is 1. The quantitative estimate of drug-likeness (QED) is 0.611. The number of rotatable bonds is 3. The molecular formula is C8H9ClN2OS. The van der Waals surface area contributed by atoms with Crippen LogP contribution in [-0.4, -0.2) is 12.1 Å². The van der Waals surface area contributed by atoms with Crippen molar-refractivity contribution in [3.05, 3.63) is 21.3 Å². The third kappa shape index (κ3) is 3.57. The van der Waals surface area contributed by atoms with Crippen molar-refractivity contribution in [2.75, 3.05) is 0 Å². The van der Waals surface area contributed by atoms with Crippen LogP contribution in [0.2, 0.25) is 5.02 Å². The second kappa shape index (κ2) is 4.99. The van der Waals surface area contributed by atoms with Gasteiger partial charge in [-0.1, -0.05) is 18.5 Å². The molecular weight excluding hydrogens is 208 g/mol. The average Bonchev–Trinajstić information content (AvgIpc) is 2.51. The second-order valence-corrected chi connectivity index (χ2v) is 3.69. The van der Waals surface area contributed by atoms with Gasteiger partial charge in [0.15, 0.2) is 0 Å². The smallest absolute Gasteiger partial charge is 0.239 e. The lowest BCUT2D eigenvalue weighted by molar-refractivity contribution is -0.120. The maximum absolute atomic E-state index is 10.8. The van der Waals surface area contributed by atoms with Gasteiger partial charge in [0.05, 0.1) is 11.2 Å². The Balaban J connectivity index is 2.45. The molecule has 0 fully saturated rings. The van der Waals surface area contributed by atoms with Crippen molar-refractivity contribution in [3.63, 3.8) is 0 Å². The SMILES string of the molecule is CCC(=O)N/N=C/c1cc(Cl)cs1. The Morgan fingerprint density at radius 1 is 1.85 bits per heavy atom. The van der Waals surface area contributed by atoms with Gasteiger partial charge in [0.2, 0.25) is 5.91 Å². The third-order valence-corrected chi connectivity index (χ3v) is 2.50. The van der Waals surface area contributed by atoms with Crippen LogP contribution >= 0.6 is 22.9 Å². The Morgan fingerprint density at radius 2 is 2.62 bits per heavy atom. The highest BCUT2D eigenvalue weighted by atomic mass is 35.5. The lowest BCUT2D eigenvalue weighted by Crippen LogP contribution is -2.15. The molecule has 0 aliphatic rings. The second-order valence-electron chi connectivity index (χ2n) is 2.31. The molecule has 0 aromatic carbocycles. The number of hydrogen-bond acceptors (Lipinski definition) is 3. The first-order valence-electron chi connectivity index (χ1n) is 3.78. The van der Waals surface area contributed by atoms with Crippen LogP contribution in [0.25, 0.3) is 0 Å². The Bertz CT molecular complexity index is 322.